The number of aromatic nitrogens is 3. The molecular weight excluding hydrogens is 308 g/mol. The van der Waals surface area contributed by atoms with Gasteiger partial charge in [0.15, 0.2) is 0 Å². The average Bonchev–Trinajstić information content (AvgIpc) is 2.87. The second-order valence-corrected chi connectivity index (χ2v) is 4.90. The van der Waals surface area contributed by atoms with Crippen LogP contribution in [0.5, 0.6) is 0 Å². The van der Waals surface area contributed by atoms with Crippen LogP contribution in [0.25, 0.3) is 10.9 Å². The lowest BCUT2D eigenvalue weighted by Crippen LogP contribution is -2.13. The molecule has 0 saturated carbocycles. The minimum atomic E-state index is -0.240. The summed E-state index contributed by atoms with van der Waals surface area (Å²) in [5.74, 6) is -0.240. The first-order chi connectivity index (χ1) is 9.22. The number of halogens is 1. The minimum Gasteiger partial charge on any atom is -0.321 e. The molecule has 0 aliphatic rings. The lowest BCUT2D eigenvalue weighted by Gasteiger charge is -2.04. The Balaban J connectivity index is 1.83. The van der Waals surface area contributed by atoms with Gasteiger partial charge in [0.2, 0.25) is 0 Å². The Morgan fingerprint density at radius 2 is 2.11 bits per heavy atom. The number of carbonyl (C=O) groups is 1. The monoisotopic (exact) mass is 316 g/mol. The van der Waals surface area contributed by atoms with Crippen molar-refractivity contribution in [2.45, 2.75) is 0 Å². The lowest BCUT2D eigenvalue weighted by molar-refractivity contribution is 0.102. The third-order valence-electron chi connectivity index (χ3n) is 2.66. The molecule has 0 aliphatic heterocycles. The van der Waals surface area contributed by atoms with Crippen molar-refractivity contribution in [2.75, 3.05) is 5.32 Å². The number of aromatic amines is 1. The predicted molar refractivity (Wildman–Crippen MR) is 76.0 cm³/mol. The second kappa shape index (κ2) is 4.81. The number of H-pyrrole nitrogens is 1. The van der Waals surface area contributed by atoms with Crippen molar-refractivity contribution in [3.05, 3.63) is 52.9 Å². The highest BCUT2D eigenvalue weighted by Gasteiger charge is 2.08. The highest BCUT2D eigenvalue weighted by Crippen LogP contribution is 2.17. The molecule has 3 aromatic rings. The first-order valence-corrected chi connectivity index (χ1v) is 6.38. The third-order valence-corrected chi connectivity index (χ3v) is 3.13. The van der Waals surface area contributed by atoms with E-state index in [0.717, 1.165) is 15.4 Å². The number of nitrogens with one attached hydrogen (secondary N) is 2. The molecule has 0 fully saturated rings. The van der Waals surface area contributed by atoms with E-state index in [-0.39, 0.29) is 5.91 Å². The number of nitrogens with zero attached hydrogens (tertiary/aromatic N) is 2. The van der Waals surface area contributed by atoms with Crippen LogP contribution < -0.4 is 5.32 Å². The fourth-order valence-electron chi connectivity index (χ4n) is 1.73. The van der Waals surface area contributed by atoms with Gasteiger partial charge >= 0.3 is 0 Å². The highest BCUT2D eigenvalue weighted by molar-refractivity contribution is 9.10. The van der Waals surface area contributed by atoms with Crippen LogP contribution in [0.15, 0.2) is 47.2 Å². The zero-order valence-corrected chi connectivity index (χ0v) is 11.3. The molecule has 0 saturated heterocycles. The standard InChI is InChI=1S/C13H9BrN4O/c14-9-1-3-12(15-7-9)13(19)17-10-2-4-11-8(5-10)6-16-18-11/h1-7H,(H,16,18)(H,17,19). The number of hydrogen-bond acceptors (Lipinski definition) is 3. The molecule has 0 unspecified atom stereocenters. The Morgan fingerprint density at radius 1 is 1.21 bits per heavy atom. The molecule has 3 rings (SSSR count). The van der Waals surface area contributed by atoms with Gasteiger partial charge in [-0.25, -0.2) is 4.98 Å². The molecule has 19 heavy (non-hydrogen) atoms. The van der Waals surface area contributed by atoms with Gasteiger partial charge in [-0.3, -0.25) is 9.89 Å². The summed E-state index contributed by atoms with van der Waals surface area (Å²) >= 11 is 3.28. The van der Waals surface area contributed by atoms with Crippen LogP contribution in [0, 0.1) is 0 Å². The Hall–Kier alpha value is -2.21. The number of hydrogen-bond donors (Lipinski definition) is 2. The molecule has 1 amide bonds. The van der Waals surface area contributed by atoms with Gasteiger partial charge in [0, 0.05) is 21.7 Å². The van der Waals surface area contributed by atoms with Gasteiger partial charge in [0.05, 0.1) is 11.7 Å². The maximum absolute atomic E-state index is 12.0. The van der Waals surface area contributed by atoms with Gasteiger partial charge in [-0.2, -0.15) is 5.10 Å². The number of pyridine rings is 1. The predicted octanol–water partition coefficient (Wildman–Crippen LogP) is 2.97. The molecule has 94 valence electrons. The van der Waals surface area contributed by atoms with Crippen LogP contribution in [0.3, 0.4) is 0 Å². The molecule has 0 spiro atoms. The van der Waals surface area contributed by atoms with Gasteiger partial charge in [-0.05, 0) is 46.3 Å². The normalized spacial score (nSPS) is 10.6. The molecule has 0 aliphatic carbocycles. The molecule has 2 aromatic heterocycles. The summed E-state index contributed by atoms with van der Waals surface area (Å²) in [6.45, 7) is 0. The second-order valence-electron chi connectivity index (χ2n) is 3.99. The fourth-order valence-corrected chi connectivity index (χ4v) is 1.96. The van der Waals surface area contributed by atoms with Gasteiger partial charge in [-0.1, -0.05) is 0 Å². The smallest absolute Gasteiger partial charge is 0.274 e. The van der Waals surface area contributed by atoms with E-state index in [4.69, 9.17) is 0 Å². The van der Waals surface area contributed by atoms with E-state index in [9.17, 15) is 4.79 Å². The van der Waals surface area contributed by atoms with Crippen molar-refractivity contribution in [3.8, 4) is 0 Å². The maximum Gasteiger partial charge on any atom is 0.274 e. The van der Waals surface area contributed by atoms with E-state index in [1.807, 2.05) is 18.2 Å². The summed E-state index contributed by atoms with van der Waals surface area (Å²) in [5, 5.41) is 10.5. The van der Waals surface area contributed by atoms with Crippen molar-refractivity contribution >= 4 is 38.4 Å². The molecule has 0 radical (unpaired) electrons. The van der Waals surface area contributed by atoms with E-state index in [0.29, 0.717) is 11.4 Å². The number of anilines is 1. The van der Waals surface area contributed by atoms with Crippen molar-refractivity contribution in [1.82, 2.24) is 15.2 Å². The van der Waals surface area contributed by atoms with Crippen LogP contribution in [0.2, 0.25) is 0 Å². The van der Waals surface area contributed by atoms with Gasteiger partial charge in [0.1, 0.15) is 5.69 Å². The van der Waals surface area contributed by atoms with Crippen LogP contribution in [-0.4, -0.2) is 21.1 Å². The van der Waals surface area contributed by atoms with Crippen molar-refractivity contribution < 1.29 is 4.79 Å². The van der Waals surface area contributed by atoms with E-state index in [1.165, 1.54) is 0 Å². The summed E-state index contributed by atoms with van der Waals surface area (Å²) < 4.78 is 0.837. The third kappa shape index (κ3) is 2.48. The number of fused-ring (bicyclic) bond motifs is 1. The van der Waals surface area contributed by atoms with Crippen molar-refractivity contribution in [3.63, 3.8) is 0 Å². The zero-order chi connectivity index (χ0) is 13.2. The molecule has 2 heterocycles. The van der Waals surface area contributed by atoms with E-state index in [2.05, 4.69) is 36.4 Å². The van der Waals surface area contributed by atoms with Crippen LogP contribution in [-0.2, 0) is 0 Å². The summed E-state index contributed by atoms with van der Waals surface area (Å²) in [7, 11) is 0. The molecule has 0 atom stereocenters. The summed E-state index contributed by atoms with van der Waals surface area (Å²) in [4.78, 5) is 16.0. The van der Waals surface area contributed by atoms with E-state index >= 15 is 0 Å². The number of amides is 1. The summed E-state index contributed by atoms with van der Waals surface area (Å²) in [6, 6.07) is 8.98. The Morgan fingerprint density at radius 3 is 2.89 bits per heavy atom. The summed E-state index contributed by atoms with van der Waals surface area (Å²) in [5.41, 5.74) is 2.01. The molecule has 6 heteroatoms. The minimum absolute atomic E-state index is 0.240. The van der Waals surface area contributed by atoms with Gasteiger partial charge in [-0.15, -0.1) is 0 Å². The quantitative estimate of drug-likeness (QED) is 0.763. The van der Waals surface area contributed by atoms with Crippen LogP contribution >= 0.6 is 15.9 Å². The molecule has 0 bridgehead atoms. The topological polar surface area (TPSA) is 70.7 Å². The van der Waals surface area contributed by atoms with Crippen LogP contribution in [0.4, 0.5) is 5.69 Å². The average molecular weight is 317 g/mol. The molecular formula is C13H9BrN4O. The SMILES string of the molecule is O=C(Nc1ccc2[nH]ncc2c1)c1ccc(Br)cn1. The Labute approximate surface area is 117 Å². The Bertz CT molecular complexity index is 736. The van der Waals surface area contributed by atoms with Crippen molar-refractivity contribution in [2.24, 2.45) is 0 Å². The largest absolute Gasteiger partial charge is 0.321 e. The van der Waals surface area contributed by atoms with E-state index in [1.54, 1.807) is 24.5 Å². The number of carbonyl (C=O) groups excluding carboxylic acids is 1. The maximum atomic E-state index is 12.0. The zero-order valence-electron chi connectivity index (χ0n) is 9.72. The first kappa shape index (κ1) is 11.9. The fraction of sp³-hybridized carbons (Fsp3) is 0. The number of rotatable bonds is 2. The van der Waals surface area contributed by atoms with Gasteiger partial charge in [0.25, 0.3) is 5.91 Å². The first-order valence-electron chi connectivity index (χ1n) is 5.58. The molecule has 2 N–H and O–H groups in total. The molecule has 1 aromatic carbocycles. The lowest BCUT2D eigenvalue weighted by atomic mass is 10.2. The highest BCUT2D eigenvalue weighted by atomic mass is 79.9. The molecule has 5 nitrogen and oxygen atoms in total. The Kier molecular flexibility index (Phi) is 3.00. The van der Waals surface area contributed by atoms with Crippen LogP contribution in [0.1, 0.15) is 10.5 Å². The van der Waals surface area contributed by atoms with Gasteiger partial charge < -0.3 is 5.32 Å². The summed E-state index contributed by atoms with van der Waals surface area (Å²) in [6.07, 6.45) is 3.30. The van der Waals surface area contributed by atoms with E-state index < -0.39 is 0 Å². The van der Waals surface area contributed by atoms with Crippen molar-refractivity contribution in [1.29, 1.82) is 0 Å². The number of benzene rings is 1.